The monoisotopic (exact) mass is 438 g/mol. The first-order chi connectivity index (χ1) is 14.9. The van der Waals surface area contributed by atoms with Crippen LogP contribution in [0.2, 0.25) is 0 Å². The molecule has 8 heteroatoms. The van der Waals surface area contributed by atoms with Crippen molar-refractivity contribution in [2.75, 3.05) is 6.61 Å². The SMILES string of the molecule is CCOc1ccc(C(=O)Oc2ccc(/C=N\NS(=O)(=O)c3ccc(C)cc3)cc2)cc1. The number of hydrogen-bond donors (Lipinski definition) is 1. The third kappa shape index (κ3) is 6.16. The van der Waals surface area contributed by atoms with E-state index in [4.69, 9.17) is 9.47 Å². The fourth-order valence-corrected chi connectivity index (χ4v) is 3.37. The van der Waals surface area contributed by atoms with Gasteiger partial charge in [-0.25, -0.2) is 9.63 Å². The zero-order valence-corrected chi connectivity index (χ0v) is 17.9. The standard InChI is InChI=1S/C23H22N2O5S/c1-3-29-20-12-8-19(9-13-20)23(26)30-21-10-6-18(7-11-21)16-24-25-31(27,28)22-14-4-17(2)5-15-22/h4-16,25H,3H2,1-2H3/b24-16-. The molecule has 0 aliphatic rings. The predicted molar refractivity (Wildman–Crippen MR) is 118 cm³/mol. The lowest BCUT2D eigenvalue weighted by Gasteiger charge is -2.06. The Hall–Kier alpha value is -3.65. The van der Waals surface area contributed by atoms with Crippen LogP contribution in [-0.4, -0.2) is 27.2 Å². The van der Waals surface area contributed by atoms with Crippen LogP contribution >= 0.6 is 0 Å². The largest absolute Gasteiger partial charge is 0.494 e. The van der Waals surface area contributed by atoms with E-state index < -0.39 is 16.0 Å². The summed E-state index contributed by atoms with van der Waals surface area (Å²) in [6, 6.07) is 19.6. The summed E-state index contributed by atoms with van der Waals surface area (Å²) in [4.78, 5) is 14.5. The Labute approximate surface area is 181 Å². The van der Waals surface area contributed by atoms with Crippen LogP contribution in [0.5, 0.6) is 11.5 Å². The zero-order chi connectivity index (χ0) is 22.3. The third-order valence-electron chi connectivity index (χ3n) is 4.21. The first-order valence-electron chi connectivity index (χ1n) is 9.54. The Morgan fingerprint density at radius 3 is 2.16 bits per heavy atom. The number of hydrogen-bond acceptors (Lipinski definition) is 6. The molecule has 0 fully saturated rings. The molecule has 31 heavy (non-hydrogen) atoms. The molecule has 0 atom stereocenters. The first-order valence-corrected chi connectivity index (χ1v) is 11.0. The number of carbonyl (C=O) groups excluding carboxylic acids is 1. The van der Waals surface area contributed by atoms with Crippen molar-refractivity contribution in [2.45, 2.75) is 18.7 Å². The summed E-state index contributed by atoms with van der Waals surface area (Å²) < 4.78 is 35.1. The van der Waals surface area contributed by atoms with E-state index >= 15 is 0 Å². The molecule has 0 aliphatic heterocycles. The van der Waals surface area contributed by atoms with Gasteiger partial charge >= 0.3 is 5.97 Å². The Morgan fingerprint density at radius 2 is 1.55 bits per heavy atom. The van der Waals surface area contributed by atoms with E-state index in [9.17, 15) is 13.2 Å². The number of ether oxygens (including phenoxy) is 2. The van der Waals surface area contributed by atoms with Gasteiger partial charge < -0.3 is 9.47 Å². The molecule has 7 nitrogen and oxygen atoms in total. The molecule has 0 spiro atoms. The van der Waals surface area contributed by atoms with Gasteiger partial charge in [0, 0.05) is 0 Å². The Balaban J connectivity index is 1.58. The average molecular weight is 439 g/mol. The number of aryl methyl sites for hydroxylation is 1. The highest BCUT2D eigenvalue weighted by atomic mass is 32.2. The second kappa shape index (κ2) is 9.90. The normalized spacial score (nSPS) is 11.3. The number of sulfonamides is 1. The van der Waals surface area contributed by atoms with Gasteiger partial charge in [-0.1, -0.05) is 17.7 Å². The Kier molecular flexibility index (Phi) is 7.04. The fraction of sp³-hybridized carbons (Fsp3) is 0.130. The van der Waals surface area contributed by atoms with Crippen molar-refractivity contribution < 1.29 is 22.7 Å². The highest BCUT2D eigenvalue weighted by molar-refractivity contribution is 7.89. The molecule has 0 saturated carbocycles. The van der Waals surface area contributed by atoms with Crippen molar-refractivity contribution in [1.29, 1.82) is 0 Å². The maximum Gasteiger partial charge on any atom is 0.343 e. The van der Waals surface area contributed by atoms with Crippen LogP contribution < -0.4 is 14.3 Å². The van der Waals surface area contributed by atoms with Crippen molar-refractivity contribution in [2.24, 2.45) is 5.10 Å². The van der Waals surface area contributed by atoms with Gasteiger partial charge in [-0.3, -0.25) is 0 Å². The summed E-state index contributed by atoms with van der Waals surface area (Å²) in [5.74, 6) is 0.548. The molecule has 0 heterocycles. The topological polar surface area (TPSA) is 94.1 Å². The number of esters is 1. The number of rotatable bonds is 8. The second-order valence-corrected chi connectivity index (χ2v) is 8.24. The molecule has 0 bridgehead atoms. The number of nitrogens with zero attached hydrogens (tertiary/aromatic N) is 1. The van der Waals surface area contributed by atoms with E-state index in [0.29, 0.717) is 29.2 Å². The quantitative estimate of drug-likeness (QED) is 0.249. The van der Waals surface area contributed by atoms with Crippen LogP contribution in [0.4, 0.5) is 0 Å². The summed E-state index contributed by atoms with van der Waals surface area (Å²) >= 11 is 0. The van der Waals surface area contributed by atoms with Crippen molar-refractivity contribution in [3.05, 3.63) is 89.5 Å². The van der Waals surface area contributed by atoms with Gasteiger partial charge in [0.15, 0.2) is 0 Å². The van der Waals surface area contributed by atoms with E-state index in [1.165, 1.54) is 18.3 Å². The van der Waals surface area contributed by atoms with Crippen LogP contribution in [0.1, 0.15) is 28.4 Å². The van der Waals surface area contributed by atoms with E-state index in [1.54, 1.807) is 60.7 Å². The summed E-state index contributed by atoms with van der Waals surface area (Å²) in [5.41, 5.74) is 2.00. The molecule has 3 aromatic rings. The van der Waals surface area contributed by atoms with E-state index in [0.717, 1.165) is 5.56 Å². The van der Waals surface area contributed by atoms with Crippen molar-refractivity contribution >= 4 is 22.2 Å². The minimum atomic E-state index is -3.73. The number of nitrogens with one attached hydrogen (secondary N) is 1. The lowest BCUT2D eigenvalue weighted by molar-refractivity contribution is 0.0734. The molecule has 0 aromatic heterocycles. The molecule has 0 aliphatic carbocycles. The van der Waals surface area contributed by atoms with Gasteiger partial charge in [-0.2, -0.15) is 13.5 Å². The van der Waals surface area contributed by atoms with Gasteiger partial charge in [0.2, 0.25) is 0 Å². The smallest absolute Gasteiger partial charge is 0.343 e. The molecular weight excluding hydrogens is 416 g/mol. The lowest BCUT2D eigenvalue weighted by atomic mass is 10.2. The molecule has 160 valence electrons. The van der Waals surface area contributed by atoms with Gasteiger partial charge in [0.05, 0.1) is 23.3 Å². The lowest BCUT2D eigenvalue weighted by Crippen LogP contribution is -2.18. The highest BCUT2D eigenvalue weighted by Gasteiger charge is 2.12. The van der Waals surface area contributed by atoms with Crippen molar-refractivity contribution in [3.63, 3.8) is 0 Å². The third-order valence-corrected chi connectivity index (χ3v) is 5.45. The van der Waals surface area contributed by atoms with E-state index in [-0.39, 0.29) is 4.90 Å². The molecule has 0 unspecified atom stereocenters. The van der Waals surface area contributed by atoms with Crippen LogP contribution in [0.25, 0.3) is 0 Å². The molecule has 0 amide bonds. The van der Waals surface area contributed by atoms with Crippen LogP contribution in [0.15, 0.2) is 82.8 Å². The van der Waals surface area contributed by atoms with Gasteiger partial charge in [0.1, 0.15) is 11.5 Å². The maximum atomic E-state index is 12.2. The maximum absolute atomic E-state index is 12.2. The van der Waals surface area contributed by atoms with Gasteiger partial charge in [0.25, 0.3) is 10.0 Å². The van der Waals surface area contributed by atoms with Gasteiger partial charge in [-0.05, 0) is 80.1 Å². The zero-order valence-electron chi connectivity index (χ0n) is 17.1. The minimum Gasteiger partial charge on any atom is -0.494 e. The van der Waals surface area contributed by atoms with E-state index in [1.807, 2.05) is 13.8 Å². The van der Waals surface area contributed by atoms with Crippen LogP contribution in [0, 0.1) is 6.92 Å². The molecule has 1 N–H and O–H groups in total. The van der Waals surface area contributed by atoms with E-state index in [2.05, 4.69) is 9.93 Å². The van der Waals surface area contributed by atoms with Gasteiger partial charge in [-0.15, -0.1) is 0 Å². The number of carbonyl (C=O) groups is 1. The Bertz CT molecular complexity index is 1150. The number of hydrazone groups is 1. The predicted octanol–water partition coefficient (Wildman–Crippen LogP) is 3.93. The summed E-state index contributed by atoms with van der Waals surface area (Å²) in [5, 5.41) is 3.79. The van der Waals surface area contributed by atoms with Crippen molar-refractivity contribution in [3.8, 4) is 11.5 Å². The summed E-state index contributed by atoms with van der Waals surface area (Å²) in [6.45, 7) is 4.31. The second-order valence-electron chi connectivity index (χ2n) is 6.58. The highest BCUT2D eigenvalue weighted by Crippen LogP contribution is 2.16. The van der Waals surface area contributed by atoms with Crippen LogP contribution in [-0.2, 0) is 10.0 Å². The average Bonchev–Trinajstić information content (AvgIpc) is 2.76. The summed E-state index contributed by atoms with van der Waals surface area (Å²) in [7, 11) is -3.73. The minimum absolute atomic E-state index is 0.131. The molecule has 0 saturated heterocycles. The first kappa shape index (κ1) is 22.0. The molecule has 3 aromatic carbocycles. The molecule has 3 rings (SSSR count). The summed E-state index contributed by atoms with van der Waals surface area (Å²) in [6.07, 6.45) is 1.36. The van der Waals surface area contributed by atoms with Crippen molar-refractivity contribution in [1.82, 2.24) is 4.83 Å². The fourth-order valence-electron chi connectivity index (χ4n) is 2.58. The Morgan fingerprint density at radius 1 is 0.935 bits per heavy atom. The molecular formula is C23H22N2O5S. The molecule has 0 radical (unpaired) electrons. The van der Waals surface area contributed by atoms with Crippen LogP contribution in [0.3, 0.4) is 0 Å². The number of benzene rings is 3.